The predicted octanol–water partition coefficient (Wildman–Crippen LogP) is 3.78. The summed E-state index contributed by atoms with van der Waals surface area (Å²) in [6, 6.07) is 14.4. The van der Waals surface area contributed by atoms with Gasteiger partial charge in [0.25, 0.3) is 0 Å². The van der Waals surface area contributed by atoms with Crippen molar-refractivity contribution in [1.82, 2.24) is 0 Å². The quantitative estimate of drug-likeness (QED) is 0.833. The predicted molar refractivity (Wildman–Crippen MR) is 99.7 cm³/mol. The van der Waals surface area contributed by atoms with Crippen LogP contribution in [0.3, 0.4) is 0 Å². The minimum absolute atomic E-state index is 0.233. The Morgan fingerprint density at radius 3 is 2.60 bits per heavy atom. The Kier molecular flexibility index (Phi) is 5.82. The van der Waals surface area contributed by atoms with E-state index in [0.717, 1.165) is 30.3 Å². The molecule has 1 heterocycles. The Balaban J connectivity index is 1.73. The molecule has 134 valence electrons. The van der Waals surface area contributed by atoms with E-state index in [1.165, 1.54) is 11.1 Å². The summed E-state index contributed by atoms with van der Waals surface area (Å²) in [5.74, 6) is 3.30. The van der Waals surface area contributed by atoms with Crippen molar-refractivity contribution in [2.45, 2.75) is 26.2 Å². The van der Waals surface area contributed by atoms with Gasteiger partial charge in [-0.3, -0.25) is 0 Å². The fraction of sp³-hybridized carbons (Fsp3) is 0.429. The molecule has 4 heteroatoms. The highest BCUT2D eigenvalue weighted by Gasteiger charge is 2.17. The van der Waals surface area contributed by atoms with Gasteiger partial charge in [0.2, 0.25) is 0 Å². The Morgan fingerprint density at radius 2 is 1.84 bits per heavy atom. The molecule has 1 unspecified atom stereocenters. The standard InChI is InChI=1S/C21H27NO3/c1-15(2)14-25-19-5-3-4-16(11-19)10-18(13-22)17-6-7-20-21(12-17)24-9-8-23-20/h3-7,11-12,15,18H,8-10,13-14,22H2,1-2H3. The van der Waals surface area contributed by atoms with Crippen molar-refractivity contribution in [1.29, 1.82) is 0 Å². The highest BCUT2D eigenvalue weighted by molar-refractivity contribution is 5.45. The minimum atomic E-state index is 0.233. The zero-order valence-electron chi connectivity index (χ0n) is 15.0. The first-order valence-corrected chi connectivity index (χ1v) is 8.97. The van der Waals surface area contributed by atoms with Gasteiger partial charge in [0, 0.05) is 5.92 Å². The first kappa shape index (κ1) is 17.6. The Morgan fingerprint density at radius 1 is 1.04 bits per heavy atom. The number of hydrogen-bond acceptors (Lipinski definition) is 4. The summed E-state index contributed by atoms with van der Waals surface area (Å²) in [6.07, 6.45) is 0.870. The monoisotopic (exact) mass is 341 g/mol. The van der Waals surface area contributed by atoms with Crippen LogP contribution in [0.25, 0.3) is 0 Å². The molecule has 3 rings (SSSR count). The van der Waals surface area contributed by atoms with Crippen molar-refractivity contribution in [3.63, 3.8) is 0 Å². The number of hydrogen-bond donors (Lipinski definition) is 1. The molecule has 0 spiro atoms. The van der Waals surface area contributed by atoms with E-state index in [0.29, 0.717) is 25.7 Å². The van der Waals surface area contributed by atoms with Crippen LogP contribution in [0.2, 0.25) is 0 Å². The van der Waals surface area contributed by atoms with Crippen molar-refractivity contribution in [3.8, 4) is 17.2 Å². The average Bonchev–Trinajstić information content (AvgIpc) is 2.64. The third kappa shape index (κ3) is 4.67. The third-order valence-electron chi connectivity index (χ3n) is 4.29. The summed E-state index contributed by atoms with van der Waals surface area (Å²) < 4.78 is 17.1. The number of rotatable bonds is 7. The van der Waals surface area contributed by atoms with Crippen molar-refractivity contribution in [2.75, 3.05) is 26.4 Å². The second-order valence-electron chi connectivity index (χ2n) is 6.89. The number of ether oxygens (including phenoxy) is 3. The first-order chi connectivity index (χ1) is 12.2. The van der Waals surface area contributed by atoms with E-state index < -0.39 is 0 Å². The molecule has 0 bridgehead atoms. The van der Waals surface area contributed by atoms with Crippen LogP contribution in [0.1, 0.15) is 30.9 Å². The van der Waals surface area contributed by atoms with Gasteiger partial charge in [-0.1, -0.05) is 32.0 Å². The van der Waals surface area contributed by atoms with Crippen LogP contribution in [0.5, 0.6) is 17.2 Å². The van der Waals surface area contributed by atoms with E-state index in [1.54, 1.807) is 0 Å². The highest BCUT2D eigenvalue weighted by Crippen LogP contribution is 2.34. The second-order valence-corrected chi connectivity index (χ2v) is 6.89. The lowest BCUT2D eigenvalue weighted by Crippen LogP contribution is -2.18. The summed E-state index contributed by atoms with van der Waals surface area (Å²) in [6.45, 7) is 6.81. The largest absolute Gasteiger partial charge is 0.493 e. The topological polar surface area (TPSA) is 53.7 Å². The molecule has 2 aromatic rings. The lowest BCUT2D eigenvalue weighted by atomic mass is 9.91. The Labute approximate surface area is 149 Å². The maximum absolute atomic E-state index is 6.06. The lowest BCUT2D eigenvalue weighted by Gasteiger charge is -2.22. The molecule has 0 radical (unpaired) electrons. The third-order valence-corrected chi connectivity index (χ3v) is 4.29. The van der Waals surface area contributed by atoms with Gasteiger partial charge in [0.1, 0.15) is 19.0 Å². The summed E-state index contributed by atoms with van der Waals surface area (Å²) >= 11 is 0. The fourth-order valence-electron chi connectivity index (χ4n) is 2.96. The molecule has 0 amide bonds. The Hall–Kier alpha value is -2.20. The molecule has 1 atom stereocenters. The molecule has 2 aromatic carbocycles. The van der Waals surface area contributed by atoms with Crippen LogP contribution in [0.15, 0.2) is 42.5 Å². The highest BCUT2D eigenvalue weighted by atomic mass is 16.6. The van der Waals surface area contributed by atoms with Crippen LogP contribution < -0.4 is 19.9 Å². The normalized spacial score (nSPS) is 14.4. The van der Waals surface area contributed by atoms with Gasteiger partial charge < -0.3 is 19.9 Å². The zero-order chi connectivity index (χ0) is 17.6. The van der Waals surface area contributed by atoms with Gasteiger partial charge >= 0.3 is 0 Å². The molecule has 1 aliphatic heterocycles. The SMILES string of the molecule is CC(C)COc1cccc(CC(CN)c2ccc3c(c2)OCCO3)c1. The molecule has 25 heavy (non-hydrogen) atoms. The maximum atomic E-state index is 6.06. The van der Waals surface area contributed by atoms with Gasteiger partial charge in [0.15, 0.2) is 11.5 Å². The summed E-state index contributed by atoms with van der Waals surface area (Å²) in [5, 5.41) is 0. The van der Waals surface area contributed by atoms with Crippen LogP contribution in [0, 0.1) is 5.92 Å². The van der Waals surface area contributed by atoms with Crippen molar-refractivity contribution >= 4 is 0 Å². The maximum Gasteiger partial charge on any atom is 0.161 e. The zero-order valence-corrected chi connectivity index (χ0v) is 15.0. The minimum Gasteiger partial charge on any atom is -0.493 e. The van der Waals surface area contributed by atoms with E-state index in [4.69, 9.17) is 19.9 Å². The van der Waals surface area contributed by atoms with Crippen LogP contribution in [-0.2, 0) is 6.42 Å². The summed E-state index contributed by atoms with van der Waals surface area (Å²) in [7, 11) is 0. The van der Waals surface area contributed by atoms with Gasteiger partial charge in [-0.25, -0.2) is 0 Å². The molecule has 0 saturated carbocycles. The molecule has 4 nitrogen and oxygen atoms in total. The molecular formula is C21H27NO3. The second kappa shape index (κ2) is 8.26. The van der Waals surface area contributed by atoms with Crippen LogP contribution in [0.4, 0.5) is 0 Å². The smallest absolute Gasteiger partial charge is 0.161 e. The lowest BCUT2D eigenvalue weighted by molar-refractivity contribution is 0.171. The average molecular weight is 341 g/mol. The van der Waals surface area contributed by atoms with Crippen molar-refractivity contribution < 1.29 is 14.2 Å². The van der Waals surface area contributed by atoms with Gasteiger partial charge in [-0.05, 0) is 54.3 Å². The van der Waals surface area contributed by atoms with Gasteiger partial charge in [-0.15, -0.1) is 0 Å². The van der Waals surface area contributed by atoms with Gasteiger partial charge in [-0.2, -0.15) is 0 Å². The fourth-order valence-corrected chi connectivity index (χ4v) is 2.96. The number of benzene rings is 2. The molecular weight excluding hydrogens is 314 g/mol. The number of nitrogens with two attached hydrogens (primary N) is 1. The Bertz CT molecular complexity index is 699. The molecule has 2 N–H and O–H groups in total. The van der Waals surface area contributed by atoms with E-state index in [2.05, 4.69) is 38.1 Å². The number of fused-ring (bicyclic) bond motifs is 1. The van der Waals surface area contributed by atoms with E-state index >= 15 is 0 Å². The van der Waals surface area contributed by atoms with Crippen LogP contribution in [-0.4, -0.2) is 26.4 Å². The van der Waals surface area contributed by atoms with Crippen LogP contribution >= 0.6 is 0 Å². The summed E-state index contributed by atoms with van der Waals surface area (Å²) in [5.41, 5.74) is 8.47. The molecule has 1 aliphatic rings. The molecule has 0 aliphatic carbocycles. The van der Waals surface area contributed by atoms with E-state index in [1.807, 2.05) is 18.2 Å². The van der Waals surface area contributed by atoms with Crippen molar-refractivity contribution in [2.24, 2.45) is 11.7 Å². The van der Waals surface area contributed by atoms with E-state index in [-0.39, 0.29) is 5.92 Å². The van der Waals surface area contributed by atoms with E-state index in [9.17, 15) is 0 Å². The molecule has 0 saturated heterocycles. The summed E-state index contributed by atoms with van der Waals surface area (Å²) in [4.78, 5) is 0. The van der Waals surface area contributed by atoms with Gasteiger partial charge in [0.05, 0.1) is 6.61 Å². The molecule has 0 aromatic heterocycles. The molecule has 0 fully saturated rings. The van der Waals surface area contributed by atoms with Crippen molar-refractivity contribution in [3.05, 3.63) is 53.6 Å². The first-order valence-electron chi connectivity index (χ1n) is 8.97.